The van der Waals surface area contributed by atoms with Gasteiger partial charge in [0.2, 0.25) is 0 Å². The van der Waals surface area contributed by atoms with Gasteiger partial charge in [-0.25, -0.2) is 0 Å². The maximum absolute atomic E-state index is 11.6. The molecule has 3 nitrogen and oxygen atoms in total. The SMILES string of the molecule is COc1c2c(c(C=O)c3c(C)coc13)[C@H](C)CC=C2. The third-order valence-corrected chi connectivity index (χ3v) is 3.86. The molecule has 0 saturated heterocycles. The number of furan rings is 1. The summed E-state index contributed by atoms with van der Waals surface area (Å²) in [7, 11) is 1.64. The van der Waals surface area contributed by atoms with Gasteiger partial charge in [-0.1, -0.05) is 19.1 Å². The molecule has 0 saturated carbocycles. The number of rotatable bonds is 2. The van der Waals surface area contributed by atoms with Crippen molar-refractivity contribution in [3.63, 3.8) is 0 Å². The van der Waals surface area contributed by atoms with Gasteiger partial charge < -0.3 is 9.15 Å². The van der Waals surface area contributed by atoms with Gasteiger partial charge in [-0.15, -0.1) is 0 Å². The lowest BCUT2D eigenvalue weighted by atomic mass is 9.83. The molecule has 1 aliphatic rings. The van der Waals surface area contributed by atoms with Crippen LogP contribution in [0.2, 0.25) is 0 Å². The average Bonchev–Trinajstić information content (AvgIpc) is 2.79. The van der Waals surface area contributed by atoms with Crippen molar-refractivity contribution in [1.29, 1.82) is 0 Å². The number of benzene rings is 1. The minimum atomic E-state index is 0.313. The Hall–Kier alpha value is -2.03. The van der Waals surface area contributed by atoms with Crippen molar-refractivity contribution in [1.82, 2.24) is 0 Å². The number of aldehydes is 1. The molecular weight excluding hydrogens is 240 g/mol. The predicted octanol–water partition coefficient (Wildman–Crippen LogP) is 4.08. The van der Waals surface area contributed by atoms with Crippen LogP contribution in [0.3, 0.4) is 0 Å². The van der Waals surface area contributed by atoms with E-state index >= 15 is 0 Å². The van der Waals surface area contributed by atoms with E-state index in [2.05, 4.69) is 13.0 Å². The van der Waals surface area contributed by atoms with Gasteiger partial charge in [-0.3, -0.25) is 4.79 Å². The Morgan fingerprint density at radius 2 is 2.26 bits per heavy atom. The number of methoxy groups -OCH3 is 1. The minimum absolute atomic E-state index is 0.313. The molecule has 3 rings (SSSR count). The highest BCUT2D eigenvalue weighted by Gasteiger charge is 2.26. The Morgan fingerprint density at radius 3 is 2.95 bits per heavy atom. The first-order valence-electron chi connectivity index (χ1n) is 6.42. The molecule has 0 N–H and O–H groups in total. The molecule has 1 heterocycles. The lowest BCUT2D eigenvalue weighted by Gasteiger charge is -2.22. The molecule has 3 heteroatoms. The Bertz CT molecular complexity index is 692. The summed E-state index contributed by atoms with van der Waals surface area (Å²) in [4.78, 5) is 11.6. The molecule has 0 radical (unpaired) electrons. The molecule has 0 unspecified atom stereocenters. The van der Waals surface area contributed by atoms with Crippen LogP contribution in [0, 0.1) is 6.92 Å². The fraction of sp³-hybridized carbons (Fsp3) is 0.312. The van der Waals surface area contributed by atoms with E-state index in [9.17, 15) is 4.79 Å². The molecule has 1 aliphatic carbocycles. The summed E-state index contributed by atoms with van der Waals surface area (Å²) >= 11 is 0. The first-order chi connectivity index (χ1) is 9.19. The summed E-state index contributed by atoms with van der Waals surface area (Å²) in [5.74, 6) is 1.04. The summed E-state index contributed by atoms with van der Waals surface area (Å²) in [5, 5.41) is 0.882. The molecule has 0 fully saturated rings. The van der Waals surface area contributed by atoms with Crippen LogP contribution in [0.25, 0.3) is 17.0 Å². The largest absolute Gasteiger partial charge is 0.492 e. The van der Waals surface area contributed by atoms with Crippen LogP contribution in [-0.2, 0) is 0 Å². The molecule has 19 heavy (non-hydrogen) atoms. The summed E-state index contributed by atoms with van der Waals surface area (Å²) in [6.45, 7) is 4.09. The summed E-state index contributed by atoms with van der Waals surface area (Å²) in [5.41, 5.74) is 4.44. The van der Waals surface area contributed by atoms with E-state index in [4.69, 9.17) is 9.15 Å². The van der Waals surface area contributed by atoms with Gasteiger partial charge in [0, 0.05) is 16.5 Å². The van der Waals surface area contributed by atoms with Gasteiger partial charge in [0.25, 0.3) is 0 Å². The average molecular weight is 256 g/mol. The summed E-state index contributed by atoms with van der Waals surface area (Å²) in [6, 6.07) is 0. The molecule has 98 valence electrons. The van der Waals surface area contributed by atoms with Crippen molar-refractivity contribution in [2.24, 2.45) is 0 Å². The van der Waals surface area contributed by atoms with Crippen molar-refractivity contribution in [3.8, 4) is 5.75 Å². The second-order valence-electron chi connectivity index (χ2n) is 5.05. The molecule has 0 aliphatic heterocycles. The fourth-order valence-electron chi connectivity index (χ4n) is 3.00. The van der Waals surface area contributed by atoms with Gasteiger partial charge >= 0.3 is 0 Å². The second-order valence-corrected chi connectivity index (χ2v) is 5.05. The van der Waals surface area contributed by atoms with E-state index in [0.29, 0.717) is 11.5 Å². The van der Waals surface area contributed by atoms with E-state index < -0.39 is 0 Å². The van der Waals surface area contributed by atoms with E-state index in [0.717, 1.165) is 46.1 Å². The normalized spacial score (nSPS) is 17.5. The maximum Gasteiger partial charge on any atom is 0.177 e. The predicted molar refractivity (Wildman–Crippen MR) is 75.0 cm³/mol. The number of hydrogen-bond donors (Lipinski definition) is 0. The Labute approximate surface area is 111 Å². The van der Waals surface area contributed by atoms with Crippen LogP contribution >= 0.6 is 0 Å². The third kappa shape index (κ3) is 1.54. The Morgan fingerprint density at radius 1 is 1.47 bits per heavy atom. The molecule has 2 aromatic rings. The number of aryl methyl sites for hydroxylation is 1. The summed E-state index contributed by atoms with van der Waals surface area (Å²) in [6.07, 6.45) is 7.71. The van der Waals surface area contributed by atoms with E-state index in [-0.39, 0.29) is 0 Å². The second kappa shape index (κ2) is 4.26. The quantitative estimate of drug-likeness (QED) is 0.760. The van der Waals surface area contributed by atoms with E-state index in [1.54, 1.807) is 13.4 Å². The zero-order valence-corrected chi connectivity index (χ0v) is 11.3. The molecule has 0 bridgehead atoms. The van der Waals surface area contributed by atoms with Crippen molar-refractivity contribution in [2.75, 3.05) is 7.11 Å². The minimum Gasteiger partial charge on any atom is -0.492 e. The highest BCUT2D eigenvalue weighted by molar-refractivity contribution is 6.04. The zero-order chi connectivity index (χ0) is 13.6. The standard InChI is InChI=1S/C16H16O3/c1-9-5-4-6-11-13(9)12(7-17)14-10(2)8-19-16(14)15(11)18-3/h4,6-9H,5H2,1-3H3/t9-/m1/s1. The van der Waals surface area contributed by atoms with Gasteiger partial charge in [0.15, 0.2) is 17.6 Å². The van der Waals surface area contributed by atoms with Crippen LogP contribution in [0.15, 0.2) is 16.8 Å². The molecule has 1 atom stereocenters. The number of carbonyl (C=O) groups is 1. The van der Waals surface area contributed by atoms with Crippen LogP contribution in [-0.4, -0.2) is 13.4 Å². The highest BCUT2D eigenvalue weighted by atomic mass is 16.5. The van der Waals surface area contributed by atoms with Crippen molar-refractivity contribution < 1.29 is 13.9 Å². The molecule has 0 amide bonds. The summed E-state index contributed by atoms with van der Waals surface area (Å²) < 4.78 is 11.1. The van der Waals surface area contributed by atoms with Crippen LogP contribution < -0.4 is 4.74 Å². The monoisotopic (exact) mass is 256 g/mol. The number of carbonyl (C=O) groups excluding carboxylic acids is 1. The van der Waals surface area contributed by atoms with Gasteiger partial charge in [-0.2, -0.15) is 0 Å². The van der Waals surface area contributed by atoms with Gasteiger partial charge in [-0.05, 0) is 30.4 Å². The number of ether oxygens (including phenoxy) is 1. The van der Waals surface area contributed by atoms with Crippen molar-refractivity contribution in [2.45, 2.75) is 26.2 Å². The zero-order valence-electron chi connectivity index (χ0n) is 11.3. The smallest absolute Gasteiger partial charge is 0.177 e. The van der Waals surface area contributed by atoms with Crippen molar-refractivity contribution >= 4 is 23.3 Å². The maximum atomic E-state index is 11.6. The van der Waals surface area contributed by atoms with Gasteiger partial charge in [0.05, 0.1) is 13.4 Å². The van der Waals surface area contributed by atoms with Crippen LogP contribution in [0.1, 0.15) is 46.3 Å². The van der Waals surface area contributed by atoms with E-state index in [1.165, 1.54) is 0 Å². The Kier molecular flexibility index (Phi) is 2.70. The lowest BCUT2D eigenvalue weighted by Crippen LogP contribution is -2.07. The Balaban J connectivity index is 2.54. The molecule has 0 spiro atoms. The first kappa shape index (κ1) is 12.0. The van der Waals surface area contributed by atoms with Crippen molar-refractivity contribution in [3.05, 3.63) is 34.6 Å². The van der Waals surface area contributed by atoms with Gasteiger partial charge in [0.1, 0.15) is 0 Å². The topological polar surface area (TPSA) is 39.4 Å². The fourth-order valence-corrected chi connectivity index (χ4v) is 3.00. The highest BCUT2D eigenvalue weighted by Crippen LogP contribution is 2.44. The van der Waals surface area contributed by atoms with E-state index in [1.807, 2.05) is 13.0 Å². The molecule has 1 aromatic heterocycles. The number of allylic oxidation sites excluding steroid dienone is 1. The number of hydrogen-bond acceptors (Lipinski definition) is 3. The first-order valence-corrected chi connectivity index (χ1v) is 6.42. The molecular formula is C16H16O3. The van der Waals surface area contributed by atoms with Crippen LogP contribution in [0.4, 0.5) is 0 Å². The number of fused-ring (bicyclic) bond motifs is 2. The lowest BCUT2D eigenvalue weighted by molar-refractivity contribution is 0.112. The van der Waals surface area contributed by atoms with Crippen LogP contribution in [0.5, 0.6) is 5.75 Å². The molecule has 1 aromatic carbocycles. The third-order valence-electron chi connectivity index (χ3n) is 3.86.